The molecule has 0 spiro atoms. The maximum atomic E-state index is 12.2. The summed E-state index contributed by atoms with van der Waals surface area (Å²) in [5, 5.41) is 14.2. The Kier molecular flexibility index (Phi) is 6.12. The molecule has 5 nitrogen and oxygen atoms in total. The number of carbonyl (C=O) groups excluding carboxylic acids is 2. The fourth-order valence-electron chi connectivity index (χ4n) is 2.06. The number of carbonyl (C=O) groups is 2. The molecule has 0 aliphatic carbocycles. The third-order valence-electron chi connectivity index (χ3n) is 3.35. The molecule has 0 radical (unpaired) electrons. The predicted octanol–water partition coefficient (Wildman–Crippen LogP) is 3.32. The lowest BCUT2D eigenvalue weighted by atomic mass is 10.1. The molecule has 7 heteroatoms. The number of aromatic nitrogens is 1. The molecule has 0 saturated carbocycles. The van der Waals surface area contributed by atoms with E-state index in [0.717, 1.165) is 4.88 Å². The van der Waals surface area contributed by atoms with E-state index in [4.69, 9.17) is 0 Å². The van der Waals surface area contributed by atoms with E-state index >= 15 is 0 Å². The minimum atomic E-state index is -0.396. The second-order valence-corrected chi connectivity index (χ2v) is 7.56. The van der Waals surface area contributed by atoms with Crippen LogP contribution in [0.5, 0.6) is 0 Å². The Hall–Kier alpha value is -2.17. The van der Waals surface area contributed by atoms with Crippen molar-refractivity contribution in [1.29, 1.82) is 5.26 Å². The first-order valence-corrected chi connectivity index (χ1v) is 9.07. The van der Waals surface area contributed by atoms with Gasteiger partial charge in [0.25, 0.3) is 0 Å². The molecular formula is C17H17N3O2S2. The quantitative estimate of drug-likeness (QED) is 0.632. The summed E-state index contributed by atoms with van der Waals surface area (Å²) in [6.45, 7) is 5.43. The van der Waals surface area contributed by atoms with Gasteiger partial charge in [-0.3, -0.25) is 9.59 Å². The van der Waals surface area contributed by atoms with Gasteiger partial charge in [0.2, 0.25) is 5.91 Å². The monoisotopic (exact) mass is 359 g/mol. The summed E-state index contributed by atoms with van der Waals surface area (Å²) in [7, 11) is 0. The molecule has 1 unspecified atom stereocenters. The first-order chi connectivity index (χ1) is 11.4. The van der Waals surface area contributed by atoms with Crippen molar-refractivity contribution in [2.45, 2.75) is 37.6 Å². The maximum Gasteiger partial charge on any atom is 0.233 e. The van der Waals surface area contributed by atoms with E-state index in [0.29, 0.717) is 28.4 Å². The first kappa shape index (κ1) is 18.2. The van der Waals surface area contributed by atoms with Gasteiger partial charge in [0.15, 0.2) is 5.78 Å². The number of hydrogen-bond acceptors (Lipinski definition) is 6. The number of nitrogens with zero attached hydrogens (tertiary/aromatic N) is 2. The highest BCUT2D eigenvalue weighted by molar-refractivity contribution is 8.00. The Morgan fingerprint density at radius 1 is 1.50 bits per heavy atom. The number of amides is 1. The lowest BCUT2D eigenvalue weighted by Crippen LogP contribution is -2.30. The Morgan fingerprint density at radius 3 is 2.83 bits per heavy atom. The highest BCUT2D eigenvalue weighted by atomic mass is 32.2. The van der Waals surface area contributed by atoms with Crippen molar-refractivity contribution in [3.8, 4) is 6.07 Å². The summed E-state index contributed by atoms with van der Waals surface area (Å²) in [4.78, 5) is 29.2. The Morgan fingerprint density at radius 2 is 2.25 bits per heavy atom. The van der Waals surface area contributed by atoms with E-state index in [2.05, 4.69) is 16.4 Å². The standard InChI is InChI=1S/C17H17N3O2S2/c1-10-15(11(2)21)7-13(8-18)17(20-10)24-12(3)16(22)19-9-14-5-4-6-23-14/h4-7,12H,9H2,1-3H3,(H,19,22). The van der Waals surface area contributed by atoms with Crippen LogP contribution in [0.25, 0.3) is 0 Å². The van der Waals surface area contributed by atoms with Crippen LogP contribution in [0.1, 0.15) is 40.3 Å². The van der Waals surface area contributed by atoms with Gasteiger partial charge in [0.1, 0.15) is 11.1 Å². The van der Waals surface area contributed by atoms with Crippen molar-refractivity contribution in [2.24, 2.45) is 0 Å². The van der Waals surface area contributed by atoms with Gasteiger partial charge in [0, 0.05) is 16.1 Å². The Bertz CT molecular complexity index is 795. The molecule has 2 aromatic heterocycles. The molecule has 1 atom stereocenters. The van der Waals surface area contributed by atoms with Crippen LogP contribution in [0.4, 0.5) is 0 Å². The SMILES string of the molecule is CC(=O)c1cc(C#N)c(SC(C)C(=O)NCc2cccs2)nc1C. The van der Waals surface area contributed by atoms with Crippen LogP contribution in [-0.2, 0) is 11.3 Å². The average molecular weight is 359 g/mol. The van der Waals surface area contributed by atoms with E-state index in [1.807, 2.05) is 17.5 Å². The molecule has 0 aromatic carbocycles. The van der Waals surface area contributed by atoms with Crippen molar-refractivity contribution in [3.63, 3.8) is 0 Å². The minimum absolute atomic E-state index is 0.118. The fourth-order valence-corrected chi connectivity index (χ4v) is 3.65. The van der Waals surface area contributed by atoms with Crippen LogP contribution >= 0.6 is 23.1 Å². The average Bonchev–Trinajstić information content (AvgIpc) is 3.05. The van der Waals surface area contributed by atoms with Crippen molar-refractivity contribution < 1.29 is 9.59 Å². The molecule has 0 fully saturated rings. The molecule has 0 saturated heterocycles. The lowest BCUT2D eigenvalue weighted by molar-refractivity contribution is -0.120. The molecule has 2 aromatic rings. The number of pyridine rings is 1. The molecule has 2 heterocycles. The zero-order chi connectivity index (χ0) is 17.7. The molecule has 0 aliphatic heterocycles. The number of rotatable bonds is 6. The van der Waals surface area contributed by atoms with Gasteiger partial charge in [-0.05, 0) is 38.3 Å². The number of hydrogen-bond donors (Lipinski definition) is 1. The third-order valence-corrected chi connectivity index (χ3v) is 5.33. The van der Waals surface area contributed by atoms with Crippen molar-refractivity contribution in [3.05, 3.63) is 45.3 Å². The van der Waals surface area contributed by atoms with Gasteiger partial charge < -0.3 is 5.32 Å². The number of aryl methyl sites for hydroxylation is 1. The van der Waals surface area contributed by atoms with Gasteiger partial charge in [-0.15, -0.1) is 11.3 Å². The van der Waals surface area contributed by atoms with Gasteiger partial charge in [-0.2, -0.15) is 5.26 Å². The molecule has 124 valence electrons. The van der Waals surface area contributed by atoms with Gasteiger partial charge in [-0.1, -0.05) is 17.8 Å². The summed E-state index contributed by atoms with van der Waals surface area (Å²) >= 11 is 2.81. The highest BCUT2D eigenvalue weighted by Crippen LogP contribution is 2.27. The molecule has 1 amide bonds. The maximum absolute atomic E-state index is 12.2. The van der Waals surface area contributed by atoms with Crippen LogP contribution in [0.3, 0.4) is 0 Å². The summed E-state index contributed by atoms with van der Waals surface area (Å²) in [6.07, 6.45) is 0. The van der Waals surface area contributed by atoms with Gasteiger partial charge in [0.05, 0.1) is 17.4 Å². The van der Waals surface area contributed by atoms with Crippen LogP contribution in [-0.4, -0.2) is 21.9 Å². The summed E-state index contributed by atoms with van der Waals surface area (Å²) in [6, 6.07) is 7.49. The Labute approximate surface area is 149 Å². The second kappa shape index (κ2) is 8.08. The normalized spacial score (nSPS) is 11.6. The topological polar surface area (TPSA) is 82.8 Å². The lowest BCUT2D eigenvalue weighted by Gasteiger charge is -2.13. The van der Waals surface area contributed by atoms with Crippen LogP contribution < -0.4 is 5.32 Å². The van der Waals surface area contributed by atoms with E-state index in [1.165, 1.54) is 18.7 Å². The smallest absolute Gasteiger partial charge is 0.233 e. The number of thioether (sulfide) groups is 1. The molecule has 1 N–H and O–H groups in total. The zero-order valence-corrected chi connectivity index (χ0v) is 15.3. The molecule has 24 heavy (non-hydrogen) atoms. The number of nitrogens with one attached hydrogen (secondary N) is 1. The van der Waals surface area contributed by atoms with E-state index in [1.54, 1.807) is 31.3 Å². The summed E-state index contributed by atoms with van der Waals surface area (Å²) in [5.74, 6) is -0.248. The van der Waals surface area contributed by atoms with Crippen LogP contribution in [0.15, 0.2) is 28.6 Å². The number of nitriles is 1. The molecule has 0 aliphatic rings. The summed E-state index contributed by atoms with van der Waals surface area (Å²) < 4.78 is 0. The second-order valence-electron chi connectivity index (χ2n) is 5.20. The van der Waals surface area contributed by atoms with E-state index < -0.39 is 5.25 Å². The molecule has 2 rings (SSSR count). The summed E-state index contributed by atoms with van der Waals surface area (Å²) in [5.41, 5.74) is 1.31. The van der Waals surface area contributed by atoms with Crippen molar-refractivity contribution in [2.75, 3.05) is 0 Å². The number of ketones is 1. The number of Topliss-reactive ketones (excluding diaryl/α,β-unsaturated/α-hetero) is 1. The molecule has 0 bridgehead atoms. The fraction of sp³-hybridized carbons (Fsp3) is 0.294. The largest absolute Gasteiger partial charge is 0.350 e. The first-order valence-electron chi connectivity index (χ1n) is 7.31. The Balaban J connectivity index is 2.09. The van der Waals surface area contributed by atoms with Gasteiger partial charge >= 0.3 is 0 Å². The number of thiophene rings is 1. The third kappa shape index (κ3) is 4.43. The van der Waals surface area contributed by atoms with Crippen molar-refractivity contribution in [1.82, 2.24) is 10.3 Å². The predicted molar refractivity (Wildman–Crippen MR) is 95.2 cm³/mol. The van der Waals surface area contributed by atoms with Crippen LogP contribution in [0.2, 0.25) is 0 Å². The van der Waals surface area contributed by atoms with Gasteiger partial charge in [-0.25, -0.2) is 4.98 Å². The molecular weight excluding hydrogens is 342 g/mol. The van der Waals surface area contributed by atoms with Crippen LogP contribution in [0, 0.1) is 18.3 Å². The highest BCUT2D eigenvalue weighted by Gasteiger charge is 2.19. The zero-order valence-electron chi connectivity index (χ0n) is 13.6. The van der Waals surface area contributed by atoms with Crippen molar-refractivity contribution >= 4 is 34.8 Å². The minimum Gasteiger partial charge on any atom is -0.350 e. The van der Waals surface area contributed by atoms with E-state index in [9.17, 15) is 14.9 Å². The van der Waals surface area contributed by atoms with E-state index in [-0.39, 0.29) is 11.7 Å².